The van der Waals surface area contributed by atoms with Gasteiger partial charge in [0.05, 0.1) is 0 Å². The van der Waals surface area contributed by atoms with Crippen LogP contribution in [0.5, 0.6) is 0 Å². The first-order valence-corrected chi connectivity index (χ1v) is 7.76. The normalized spacial score (nSPS) is 10.8. The monoisotopic (exact) mass is 295 g/mol. The van der Waals surface area contributed by atoms with Crippen LogP contribution < -0.4 is 5.73 Å². The van der Waals surface area contributed by atoms with Crippen molar-refractivity contribution in [1.82, 2.24) is 0 Å². The molecule has 0 atom stereocenters. The van der Waals surface area contributed by atoms with E-state index in [0.29, 0.717) is 0 Å². The number of rotatable bonds is 2. The highest BCUT2D eigenvalue weighted by molar-refractivity contribution is 6.00. The number of hydrogen-bond donors (Lipinski definition) is 1. The first-order chi connectivity index (χ1) is 11.3. The SMILES string of the molecule is Nc1ccc(-c2ccccc2)cc1-c1cccc2ccccc12. The Morgan fingerprint density at radius 3 is 2.13 bits per heavy atom. The molecule has 0 aliphatic heterocycles. The Bertz CT molecular complexity index is 966. The van der Waals surface area contributed by atoms with Crippen LogP contribution in [0.4, 0.5) is 5.69 Å². The fraction of sp³-hybridized carbons (Fsp3) is 0. The maximum absolute atomic E-state index is 6.29. The molecule has 0 radical (unpaired) electrons. The Morgan fingerprint density at radius 2 is 1.26 bits per heavy atom. The predicted molar refractivity (Wildman–Crippen MR) is 99.2 cm³/mol. The van der Waals surface area contributed by atoms with E-state index in [4.69, 9.17) is 5.73 Å². The summed E-state index contributed by atoms with van der Waals surface area (Å²) in [6.07, 6.45) is 0. The number of benzene rings is 4. The van der Waals surface area contributed by atoms with Gasteiger partial charge in [0.15, 0.2) is 0 Å². The van der Waals surface area contributed by atoms with Crippen LogP contribution >= 0.6 is 0 Å². The van der Waals surface area contributed by atoms with E-state index in [0.717, 1.165) is 11.3 Å². The van der Waals surface area contributed by atoms with Crippen LogP contribution in [0.15, 0.2) is 91.0 Å². The summed E-state index contributed by atoms with van der Waals surface area (Å²) < 4.78 is 0. The van der Waals surface area contributed by atoms with E-state index < -0.39 is 0 Å². The van der Waals surface area contributed by atoms with Crippen molar-refractivity contribution in [2.24, 2.45) is 0 Å². The van der Waals surface area contributed by atoms with Gasteiger partial charge in [0.2, 0.25) is 0 Å². The second-order valence-corrected chi connectivity index (χ2v) is 5.69. The molecule has 0 aliphatic rings. The van der Waals surface area contributed by atoms with E-state index in [1.165, 1.54) is 27.5 Å². The quantitative estimate of drug-likeness (QED) is 0.468. The summed E-state index contributed by atoms with van der Waals surface area (Å²) in [6, 6.07) is 31.5. The number of fused-ring (bicyclic) bond motifs is 1. The molecule has 23 heavy (non-hydrogen) atoms. The van der Waals surface area contributed by atoms with Gasteiger partial charge in [-0.05, 0) is 39.6 Å². The zero-order chi connectivity index (χ0) is 15.6. The van der Waals surface area contributed by atoms with E-state index in [9.17, 15) is 0 Å². The van der Waals surface area contributed by atoms with Crippen molar-refractivity contribution in [3.63, 3.8) is 0 Å². The van der Waals surface area contributed by atoms with Gasteiger partial charge in [-0.2, -0.15) is 0 Å². The standard InChI is InChI=1S/C22H17N/c23-22-14-13-18(16-7-2-1-3-8-16)15-21(22)20-12-6-10-17-9-4-5-11-19(17)20/h1-15H,23H2. The summed E-state index contributed by atoms with van der Waals surface area (Å²) in [4.78, 5) is 0. The Morgan fingerprint density at radius 1 is 0.522 bits per heavy atom. The van der Waals surface area contributed by atoms with Gasteiger partial charge in [0.25, 0.3) is 0 Å². The molecule has 4 aromatic rings. The van der Waals surface area contributed by atoms with Crippen molar-refractivity contribution in [3.05, 3.63) is 91.0 Å². The van der Waals surface area contributed by atoms with Gasteiger partial charge >= 0.3 is 0 Å². The summed E-state index contributed by atoms with van der Waals surface area (Å²) in [6.45, 7) is 0. The number of nitrogens with two attached hydrogens (primary N) is 1. The summed E-state index contributed by atoms with van der Waals surface area (Å²) in [5, 5.41) is 2.46. The molecular weight excluding hydrogens is 278 g/mol. The highest BCUT2D eigenvalue weighted by Crippen LogP contribution is 2.35. The Hall–Kier alpha value is -3.06. The highest BCUT2D eigenvalue weighted by atomic mass is 14.6. The maximum Gasteiger partial charge on any atom is 0.0394 e. The molecule has 4 aromatic carbocycles. The van der Waals surface area contributed by atoms with Gasteiger partial charge in [-0.25, -0.2) is 0 Å². The molecule has 1 nitrogen and oxygen atoms in total. The van der Waals surface area contributed by atoms with Crippen LogP contribution in [-0.4, -0.2) is 0 Å². The molecule has 1 heteroatoms. The van der Waals surface area contributed by atoms with E-state index in [1.54, 1.807) is 0 Å². The molecule has 0 amide bonds. The lowest BCUT2D eigenvalue weighted by Gasteiger charge is -2.12. The molecule has 0 spiro atoms. The second kappa shape index (κ2) is 5.62. The van der Waals surface area contributed by atoms with Gasteiger partial charge < -0.3 is 5.73 Å². The fourth-order valence-electron chi connectivity index (χ4n) is 3.06. The van der Waals surface area contributed by atoms with Crippen LogP contribution in [0.25, 0.3) is 33.0 Å². The molecule has 4 rings (SSSR count). The van der Waals surface area contributed by atoms with E-state index >= 15 is 0 Å². The molecule has 0 heterocycles. The van der Waals surface area contributed by atoms with Gasteiger partial charge in [-0.3, -0.25) is 0 Å². The molecule has 110 valence electrons. The summed E-state index contributed by atoms with van der Waals surface area (Å²) in [5.41, 5.74) is 11.7. The first kappa shape index (κ1) is 13.6. The minimum absolute atomic E-state index is 0.807. The smallest absolute Gasteiger partial charge is 0.0394 e. The van der Waals surface area contributed by atoms with Crippen molar-refractivity contribution in [3.8, 4) is 22.3 Å². The molecule has 0 bridgehead atoms. The molecular formula is C22H17N. The van der Waals surface area contributed by atoms with Crippen LogP contribution in [0.1, 0.15) is 0 Å². The topological polar surface area (TPSA) is 26.0 Å². The maximum atomic E-state index is 6.29. The van der Waals surface area contributed by atoms with Crippen LogP contribution in [0, 0.1) is 0 Å². The molecule has 0 unspecified atom stereocenters. The lowest BCUT2D eigenvalue weighted by Crippen LogP contribution is -1.92. The van der Waals surface area contributed by atoms with Crippen molar-refractivity contribution < 1.29 is 0 Å². The minimum atomic E-state index is 0.807. The van der Waals surface area contributed by atoms with Crippen molar-refractivity contribution in [1.29, 1.82) is 0 Å². The Balaban J connectivity index is 1.95. The number of anilines is 1. The predicted octanol–water partition coefficient (Wildman–Crippen LogP) is 5.76. The van der Waals surface area contributed by atoms with E-state index in [2.05, 4.69) is 78.9 Å². The number of nitrogen functional groups attached to an aromatic ring is 1. The Labute approximate surface area is 136 Å². The summed E-state index contributed by atoms with van der Waals surface area (Å²) >= 11 is 0. The van der Waals surface area contributed by atoms with Crippen molar-refractivity contribution in [2.45, 2.75) is 0 Å². The van der Waals surface area contributed by atoms with Crippen LogP contribution in [0.2, 0.25) is 0 Å². The van der Waals surface area contributed by atoms with E-state index in [1.807, 2.05) is 12.1 Å². The largest absolute Gasteiger partial charge is 0.398 e. The average molecular weight is 295 g/mol. The van der Waals surface area contributed by atoms with Crippen molar-refractivity contribution in [2.75, 3.05) is 5.73 Å². The lowest BCUT2D eigenvalue weighted by atomic mass is 9.94. The van der Waals surface area contributed by atoms with Crippen LogP contribution in [-0.2, 0) is 0 Å². The minimum Gasteiger partial charge on any atom is -0.398 e. The summed E-state index contributed by atoms with van der Waals surface area (Å²) in [7, 11) is 0. The molecule has 0 aromatic heterocycles. The van der Waals surface area contributed by atoms with Crippen molar-refractivity contribution >= 4 is 16.5 Å². The average Bonchev–Trinajstić information content (AvgIpc) is 2.62. The molecule has 0 saturated heterocycles. The van der Waals surface area contributed by atoms with Gasteiger partial charge in [0, 0.05) is 11.3 Å². The molecule has 0 saturated carbocycles. The van der Waals surface area contributed by atoms with E-state index in [-0.39, 0.29) is 0 Å². The molecule has 2 N–H and O–H groups in total. The molecule has 0 fully saturated rings. The third-order valence-electron chi connectivity index (χ3n) is 4.24. The zero-order valence-corrected chi connectivity index (χ0v) is 12.7. The second-order valence-electron chi connectivity index (χ2n) is 5.69. The summed E-state index contributed by atoms with van der Waals surface area (Å²) in [5.74, 6) is 0. The molecule has 0 aliphatic carbocycles. The third-order valence-corrected chi connectivity index (χ3v) is 4.24. The first-order valence-electron chi connectivity index (χ1n) is 7.76. The zero-order valence-electron chi connectivity index (χ0n) is 12.7. The number of hydrogen-bond acceptors (Lipinski definition) is 1. The lowest BCUT2D eigenvalue weighted by molar-refractivity contribution is 1.60. The van der Waals surface area contributed by atoms with Gasteiger partial charge in [-0.1, -0.05) is 78.9 Å². The van der Waals surface area contributed by atoms with Gasteiger partial charge in [-0.15, -0.1) is 0 Å². The van der Waals surface area contributed by atoms with Gasteiger partial charge in [0.1, 0.15) is 0 Å². The highest BCUT2D eigenvalue weighted by Gasteiger charge is 2.08. The fourth-order valence-corrected chi connectivity index (χ4v) is 3.06. The Kier molecular flexibility index (Phi) is 3.32. The third kappa shape index (κ3) is 2.47. The van der Waals surface area contributed by atoms with Crippen LogP contribution in [0.3, 0.4) is 0 Å².